The summed E-state index contributed by atoms with van der Waals surface area (Å²) in [5, 5.41) is 12.4. The fourth-order valence-corrected chi connectivity index (χ4v) is 6.87. The molecule has 4 amide bonds. The molecule has 4 aromatic rings. The fourth-order valence-electron chi connectivity index (χ4n) is 4.81. The van der Waals surface area contributed by atoms with Gasteiger partial charge in [-0.15, -0.1) is 22.7 Å². The zero-order chi connectivity index (χ0) is 33.1. The molecule has 0 saturated carbocycles. The van der Waals surface area contributed by atoms with Gasteiger partial charge in [-0.25, -0.2) is 18.7 Å². The van der Waals surface area contributed by atoms with E-state index in [9.17, 15) is 28.0 Å². The van der Waals surface area contributed by atoms with Crippen LogP contribution in [0.1, 0.15) is 46.0 Å². The molecule has 4 N–H and O–H groups in total. The van der Waals surface area contributed by atoms with Gasteiger partial charge in [-0.2, -0.15) is 0 Å². The topological polar surface area (TPSA) is 142 Å². The molecule has 2 aliphatic heterocycles. The Bertz CT molecular complexity index is 1650. The van der Waals surface area contributed by atoms with Crippen molar-refractivity contribution in [3.63, 3.8) is 0 Å². The van der Waals surface area contributed by atoms with Crippen LogP contribution in [0.5, 0.6) is 0 Å². The van der Waals surface area contributed by atoms with E-state index in [1.54, 1.807) is 12.1 Å². The lowest BCUT2D eigenvalue weighted by Crippen LogP contribution is -2.39. The Morgan fingerprint density at radius 1 is 0.739 bits per heavy atom. The Labute approximate surface area is 279 Å². The molecule has 0 spiro atoms. The number of hydrogen-bond donors (Lipinski definition) is 4. The van der Waals surface area contributed by atoms with Gasteiger partial charge >= 0.3 is 0 Å². The summed E-state index contributed by atoms with van der Waals surface area (Å²) in [7, 11) is 0. The van der Waals surface area contributed by atoms with Gasteiger partial charge in [-0.05, 0) is 63.1 Å². The van der Waals surface area contributed by atoms with Crippen molar-refractivity contribution >= 4 is 69.5 Å². The molecule has 4 atom stereocenters. The van der Waals surface area contributed by atoms with E-state index in [1.807, 2.05) is 13.8 Å². The second-order valence-electron chi connectivity index (χ2n) is 10.7. The molecule has 2 aromatic heterocycles. The van der Waals surface area contributed by atoms with E-state index < -0.39 is 23.7 Å². The summed E-state index contributed by atoms with van der Waals surface area (Å²) >= 11 is 13.9. The summed E-state index contributed by atoms with van der Waals surface area (Å²) in [5.41, 5.74) is 1.01. The quantitative estimate of drug-likeness (QED) is 0.217. The molecular weight excluding hydrogens is 681 g/mol. The minimum Gasteiger partial charge on any atom is -0.352 e. The maximum Gasteiger partial charge on any atom is 0.263 e. The van der Waals surface area contributed by atoms with Crippen LogP contribution in [0.4, 0.5) is 8.78 Å². The molecule has 2 aromatic carbocycles. The second-order valence-corrected chi connectivity index (χ2v) is 13.7. The number of carbonyl (C=O) groups is 4. The first-order valence-electron chi connectivity index (χ1n) is 13.9. The number of hydrogen-bond acceptors (Lipinski definition) is 8. The minimum absolute atomic E-state index is 0.0410. The third-order valence-electron chi connectivity index (χ3n) is 6.88. The second kappa shape index (κ2) is 14.2. The third kappa shape index (κ3) is 8.23. The van der Waals surface area contributed by atoms with Crippen LogP contribution in [0, 0.1) is 11.6 Å². The standard InChI is InChI=1S/2C15H13ClFN3O2S/c2*1-7-2-11(13(21)19-7)20-14(22)12-6-18-15(23-12)8-3-9(16)5-10(17)4-8/h2*3-7,11H,2H2,1H3,(H,19,21)(H,20,22)/t7-,11+;7-,11-/m11/s1. The molecule has 4 heterocycles. The van der Waals surface area contributed by atoms with Crippen LogP contribution in [-0.2, 0) is 9.59 Å². The average molecular weight is 708 g/mol. The zero-order valence-corrected chi connectivity index (χ0v) is 27.3. The molecule has 0 radical (unpaired) electrons. The molecule has 16 heteroatoms. The lowest BCUT2D eigenvalue weighted by atomic mass is 10.2. The lowest BCUT2D eigenvalue weighted by Gasteiger charge is -2.08. The highest BCUT2D eigenvalue weighted by atomic mass is 35.5. The van der Waals surface area contributed by atoms with Crippen molar-refractivity contribution in [2.45, 2.75) is 50.9 Å². The number of rotatable bonds is 6. The number of thiazole rings is 2. The van der Waals surface area contributed by atoms with Crippen LogP contribution in [-0.4, -0.2) is 57.8 Å². The monoisotopic (exact) mass is 706 g/mol. The Kier molecular flexibility index (Phi) is 10.3. The number of nitrogens with one attached hydrogen (secondary N) is 4. The lowest BCUT2D eigenvalue weighted by molar-refractivity contribution is -0.121. The van der Waals surface area contributed by atoms with Gasteiger partial charge in [0.05, 0.1) is 12.4 Å². The van der Waals surface area contributed by atoms with E-state index in [-0.39, 0.29) is 45.8 Å². The van der Waals surface area contributed by atoms with Crippen molar-refractivity contribution in [1.29, 1.82) is 0 Å². The Balaban J connectivity index is 0.000000181. The molecule has 6 rings (SSSR count). The first kappa shape index (κ1) is 33.4. The summed E-state index contributed by atoms with van der Waals surface area (Å²) < 4.78 is 26.8. The first-order chi connectivity index (χ1) is 21.8. The van der Waals surface area contributed by atoms with E-state index in [2.05, 4.69) is 31.2 Å². The highest BCUT2D eigenvalue weighted by Gasteiger charge is 2.32. The van der Waals surface area contributed by atoms with E-state index in [0.29, 0.717) is 43.7 Å². The van der Waals surface area contributed by atoms with Gasteiger partial charge < -0.3 is 21.3 Å². The summed E-state index contributed by atoms with van der Waals surface area (Å²) in [4.78, 5) is 56.7. The highest BCUT2D eigenvalue weighted by molar-refractivity contribution is 7.17. The Morgan fingerprint density at radius 2 is 1.13 bits per heavy atom. The van der Waals surface area contributed by atoms with Crippen LogP contribution < -0.4 is 21.3 Å². The maximum absolute atomic E-state index is 13.4. The van der Waals surface area contributed by atoms with Gasteiger partial charge in [-0.1, -0.05) is 23.2 Å². The van der Waals surface area contributed by atoms with E-state index in [1.165, 1.54) is 36.7 Å². The van der Waals surface area contributed by atoms with Crippen molar-refractivity contribution in [1.82, 2.24) is 31.2 Å². The van der Waals surface area contributed by atoms with Crippen LogP contribution in [0.15, 0.2) is 48.8 Å². The molecule has 0 aliphatic carbocycles. The predicted octanol–water partition coefficient (Wildman–Crippen LogP) is 5.22. The average Bonchev–Trinajstić information content (AvgIpc) is 3.76. The highest BCUT2D eigenvalue weighted by Crippen LogP contribution is 2.30. The summed E-state index contributed by atoms with van der Waals surface area (Å²) in [6.07, 6.45) is 3.92. The summed E-state index contributed by atoms with van der Waals surface area (Å²) in [5.74, 6) is -2.05. The minimum atomic E-state index is -0.535. The van der Waals surface area contributed by atoms with Gasteiger partial charge in [0.25, 0.3) is 11.8 Å². The van der Waals surface area contributed by atoms with E-state index >= 15 is 0 Å². The number of carbonyl (C=O) groups excluding carboxylic acids is 4. The molecule has 2 fully saturated rings. The van der Waals surface area contributed by atoms with Crippen LogP contribution in [0.2, 0.25) is 10.0 Å². The van der Waals surface area contributed by atoms with E-state index in [4.69, 9.17) is 23.2 Å². The van der Waals surface area contributed by atoms with Crippen molar-refractivity contribution < 1.29 is 28.0 Å². The largest absolute Gasteiger partial charge is 0.352 e. The fraction of sp³-hybridized carbons (Fsp3) is 0.267. The molecule has 240 valence electrons. The van der Waals surface area contributed by atoms with Gasteiger partial charge in [0, 0.05) is 33.3 Å². The van der Waals surface area contributed by atoms with E-state index in [0.717, 1.165) is 22.7 Å². The zero-order valence-electron chi connectivity index (χ0n) is 24.2. The molecule has 10 nitrogen and oxygen atoms in total. The summed E-state index contributed by atoms with van der Waals surface area (Å²) in [6.45, 7) is 3.76. The predicted molar refractivity (Wildman–Crippen MR) is 172 cm³/mol. The van der Waals surface area contributed by atoms with Crippen LogP contribution in [0.3, 0.4) is 0 Å². The van der Waals surface area contributed by atoms with Crippen LogP contribution in [0.25, 0.3) is 21.1 Å². The van der Waals surface area contributed by atoms with Gasteiger partial charge in [0.2, 0.25) is 11.8 Å². The van der Waals surface area contributed by atoms with Crippen molar-refractivity contribution in [3.05, 3.63) is 80.2 Å². The number of nitrogens with zero attached hydrogens (tertiary/aromatic N) is 2. The van der Waals surface area contributed by atoms with Gasteiger partial charge in [0.15, 0.2) is 0 Å². The number of aromatic nitrogens is 2. The van der Waals surface area contributed by atoms with Gasteiger partial charge in [-0.3, -0.25) is 19.2 Å². The SMILES string of the molecule is C[C@@H]1C[C@@H](NC(=O)c2cnc(-c3cc(F)cc(Cl)c3)s2)C(=O)N1.C[C@@H]1C[C@H](NC(=O)c2cnc(-c3cc(F)cc(Cl)c3)s2)C(=O)N1. The molecule has 46 heavy (non-hydrogen) atoms. The van der Waals surface area contributed by atoms with Crippen LogP contribution >= 0.6 is 45.9 Å². The smallest absolute Gasteiger partial charge is 0.263 e. The molecule has 2 aliphatic rings. The Hall–Kier alpha value is -3.98. The molecule has 0 bridgehead atoms. The third-order valence-corrected chi connectivity index (χ3v) is 9.40. The number of halogens is 4. The Morgan fingerprint density at radius 3 is 1.46 bits per heavy atom. The first-order valence-corrected chi connectivity index (χ1v) is 16.3. The normalized spacial score (nSPS) is 20.4. The molecule has 0 unspecified atom stereocenters. The van der Waals surface area contributed by atoms with Gasteiger partial charge in [0.1, 0.15) is 43.5 Å². The summed E-state index contributed by atoms with van der Waals surface area (Å²) in [6, 6.07) is 7.18. The maximum atomic E-state index is 13.4. The van der Waals surface area contributed by atoms with Crippen molar-refractivity contribution in [3.8, 4) is 21.1 Å². The van der Waals surface area contributed by atoms with Crippen molar-refractivity contribution in [2.75, 3.05) is 0 Å². The molecular formula is C30H26Cl2F2N6O4S2. The number of benzene rings is 2. The number of amides is 4. The molecule has 2 saturated heterocycles. The van der Waals surface area contributed by atoms with Crippen molar-refractivity contribution in [2.24, 2.45) is 0 Å².